The summed E-state index contributed by atoms with van der Waals surface area (Å²) < 4.78 is 0. The first-order valence-electron chi connectivity index (χ1n) is 5.66. The summed E-state index contributed by atoms with van der Waals surface area (Å²) in [5, 5.41) is 9.49. The number of aliphatic hydroxyl groups is 1. The quantitative estimate of drug-likeness (QED) is 0.451. The van der Waals surface area contributed by atoms with Crippen molar-refractivity contribution in [2.45, 2.75) is 64.9 Å². The van der Waals surface area contributed by atoms with Crippen molar-refractivity contribution in [2.24, 2.45) is 0 Å². The van der Waals surface area contributed by atoms with Gasteiger partial charge in [0.05, 0.1) is 6.10 Å². The van der Waals surface area contributed by atoms with Crippen molar-refractivity contribution in [2.75, 3.05) is 0 Å². The van der Waals surface area contributed by atoms with Crippen LogP contribution in [0, 0.1) is 0 Å². The zero-order valence-electron chi connectivity index (χ0n) is 9.13. The number of hydrogen-bond donors (Lipinski definition) is 1. The predicted molar refractivity (Wildman–Crippen MR) is 58.8 cm³/mol. The van der Waals surface area contributed by atoms with Gasteiger partial charge >= 0.3 is 0 Å². The van der Waals surface area contributed by atoms with Crippen LogP contribution in [0.5, 0.6) is 0 Å². The van der Waals surface area contributed by atoms with E-state index in [0.717, 1.165) is 19.3 Å². The monoisotopic (exact) mass is 184 g/mol. The smallest absolute Gasteiger partial charge is 0.0720 e. The van der Waals surface area contributed by atoms with Gasteiger partial charge in [-0.2, -0.15) is 0 Å². The van der Waals surface area contributed by atoms with Crippen LogP contribution in [0.1, 0.15) is 58.8 Å². The van der Waals surface area contributed by atoms with Gasteiger partial charge in [-0.15, -0.1) is 0 Å². The molecule has 1 unspecified atom stereocenters. The topological polar surface area (TPSA) is 20.2 Å². The first-order chi connectivity index (χ1) is 6.31. The fourth-order valence-electron chi connectivity index (χ4n) is 1.27. The molecule has 1 N–H and O–H groups in total. The van der Waals surface area contributed by atoms with Gasteiger partial charge in [-0.3, -0.25) is 0 Å². The van der Waals surface area contributed by atoms with E-state index in [2.05, 4.69) is 19.9 Å². The summed E-state index contributed by atoms with van der Waals surface area (Å²) in [7, 11) is 0. The minimum absolute atomic E-state index is 0.205. The van der Waals surface area contributed by atoms with Crippen molar-refractivity contribution in [3.8, 4) is 0 Å². The third-order valence-electron chi connectivity index (χ3n) is 2.19. The van der Waals surface area contributed by atoms with Crippen LogP contribution in [0.2, 0.25) is 0 Å². The third-order valence-corrected chi connectivity index (χ3v) is 2.19. The summed E-state index contributed by atoms with van der Waals surface area (Å²) in [6.07, 6.45) is 12.0. The Balaban J connectivity index is 3.27. The Bertz CT molecular complexity index is 118. The van der Waals surface area contributed by atoms with Crippen LogP contribution < -0.4 is 0 Å². The van der Waals surface area contributed by atoms with E-state index >= 15 is 0 Å². The van der Waals surface area contributed by atoms with Crippen molar-refractivity contribution in [3.63, 3.8) is 0 Å². The van der Waals surface area contributed by atoms with Crippen molar-refractivity contribution >= 4 is 0 Å². The molecule has 0 rings (SSSR count). The highest BCUT2D eigenvalue weighted by Crippen LogP contribution is 2.05. The highest BCUT2D eigenvalue weighted by molar-refractivity contribution is 4.88. The van der Waals surface area contributed by atoms with Gasteiger partial charge < -0.3 is 5.11 Å². The largest absolute Gasteiger partial charge is 0.389 e. The molecule has 0 fully saturated rings. The maximum Gasteiger partial charge on any atom is 0.0720 e. The SMILES string of the molecule is CCCC/C=C\C(O)CCCCC. The molecular weight excluding hydrogens is 160 g/mol. The molecule has 0 bridgehead atoms. The zero-order chi connectivity index (χ0) is 9.94. The van der Waals surface area contributed by atoms with Crippen molar-refractivity contribution in [3.05, 3.63) is 12.2 Å². The van der Waals surface area contributed by atoms with Crippen LogP contribution in [0.15, 0.2) is 12.2 Å². The summed E-state index contributed by atoms with van der Waals surface area (Å²) in [5.74, 6) is 0. The Hall–Kier alpha value is -0.300. The van der Waals surface area contributed by atoms with Gasteiger partial charge in [0, 0.05) is 0 Å². The Labute approximate surface area is 82.9 Å². The molecule has 0 aliphatic rings. The van der Waals surface area contributed by atoms with Crippen molar-refractivity contribution in [1.82, 2.24) is 0 Å². The lowest BCUT2D eigenvalue weighted by Gasteiger charge is -2.03. The number of aliphatic hydroxyl groups excluding tert-OH is 1. The fourth-order valence-corrected chi connectivity index (χ4v) is 1.27. The van der Waals surface area contributed by atoms with E-state index in [0.29, 0.717) is 0 Å². The molecule has 0 radical (unpaired) electrons. The number of allylic oxidation sites excluding steroid dienone is 1. The highest BCUT2D eigenvalue weighted by atomic mass is 16.3. The first-order valence-corrected chi connectivity index (χ1v) is 5.66. The summed E-state index contributed by atoms with van der Waals surface area (Å²) >= 11 is 0. The van der Waals surface area contributed by atoms with Gasteiger partial charge in [-0.25, -0.2) is 0 Å². The standard InChI is InChI=1S/C12H24O/c1-3-5-7-9-11-12(13)10-8-6-4-2/h9,11-13H,3-8,10H2,1-2H3/b11-9-. The average Bonchev–Trinajstić information content (AvgIpc) is 2.13. The lowest BCUT2D eigenvalue weighted by Crippen LogP contribution is -2.01. The predicted octanol–water partition coefficient (Wildman–Crippen LogP) is 3.67. The minimum Gasteiger partial charge on any atom is -0.389 e. The molecule has 0 heterocycles. The molecular formula is C12H24O. The second kappa shape index (κ2) is 9.79. The Morgan fingerprint density at radius 2 is 1.77 bits per heavy atom. The van der Waals surface area contributed by atoms with Gasteiger partial charge in [0.25, 0.3) is 0 Å². The van der Waals surface area contributed by atoms with Crippen LogP contribution in [0.3, 0.4) is 0 Å². The number of unbranched alkanes of at least 4 members (excludes halogenated alkanes) is 4. The van der Waals surface area contributed by atoms with E-state index in [1.807, 2.05) is 6.08 Å². The van der Waals surface area contributed by atoms with Crippen LogP contribution in [-0.4, -0.2) is 11.2 Å². The normalized spacial score (nSPS) is 13.8. The summed E-state index contributed by atoms with van der Waals surface area (Å²) in [6.45, 7) is 4.37. The van der Waals surface area contributed by atoms with Crippen LogP contribution in [-0.2, 0) is 0 Å². The van der Waals surface area contributed by atoms with Gasteiger partial charge in [0.1, 0.15) is 0 Å². The van der Waals surface area contributed by atoms with Gasteiger partial charge in [0.2, 0.25) is 0 Å². The van der Waals surface area contributed by atoms with Gasteiger partial charge in [-0.05, 0) is 12.8 Å². The molecule has 0 amide bonds. The second-order valence-corrected chi connectivity index (χ2v) is 3.63. The molecule has 78 valence electrons. The van der Waals surface area contributed by atoms with Gasteiger partial charge in [-0.1, -0.05) is 58.1 Å². The molecule has 0 aliphatic carbocycles. The van der Waals surface area contributed by atoms with Crippen LogP contribution in [0.25, 0.3) is 0 Å². The summed E-state index contributed by atoms with van der Waals surface area (Å²) in [5.41, 5.74) is 0. The highest BCUT2D eigenvalue weighted by Gasteiger charge is 1.96. The number of rotatable bonds is 8. The Morgan fingerprint density at radius 1 is 1.08 bits per heavy atom. The van der Waals surface area contributed by atoms with Gasteiger partial charge in [0.15, 0.2) is 0 Å². The molecule has 1 atom stereocenters. The van der Waals surface area contributed by atoms with E-state index in [4.69, 9.17) is 0 Å². The first kappa shape index (κ1) is 12.7. The minimum atomic E-state index is -0.205. The third kappa shape index (κ3) is 9.62. The maximum atomic E-state index is 9.49. The average molecular weight is 184 g/mol. The van der Waals surface area contributed by atoms with Crippen molar-refractivity contribution in [1.29, 1.82) is 0 Å². The molecule has 1 heteroatoms. The summed E-state index contributed by atoms with van der Waals surface area (Å²) in [6, 6.07) is 0. The lowest BCUT2D eigenvalue weighted by molar-refractivity contribution is 0.208. The Kier molecular flexibility index (Phi) is 9.56. The zero-order valence-corrected chi connectivity index (χ0v) is 9.13. The second-order valence-electron chi connectivity index (χ2n) is 3.63. The van der Waals surface area contributed by atoms with E-state index in [9.17, 15) is 5.11 Å². The molecule has 13 heavy (non-hydrogen) atoms. The van der Waals surface area contributed by atoms with Crippen molar-refractivity contribution < 1.29 is 5.11 Å². The Morgan fingerprint density at radius 3 is 2.38 bits per heavy atom. The molecule has 0 aromatic carbocycles. The van der Waals surface area contributed by atoms with Crippen LogP contribution >= 0.6 is 0 Å². The van der Waals surface area contributed by atoms with E-state index in [1.54, 1.807) is 0 Å². The van der Waals surface area contributed by atoms with E-state index in [-0.39, 0.29) is 6.10 Å². The molecule has 0 aromatic heterocycles. The maximum absolute atomic E-state index is 9.49. The lowest BCUT2D eigenvalue weighted by atomic mass is 10.1. The molecule has 1 nitrogen and oxygen atoms in total. The number of hydrogen-bond acceptors (Lipinski definition) is 1. The van der Waals surface area contributed by atoms with E-state index in [1.165, 1.54) is 25.7 Å². The molecule has 0 spiro atoms. The molecule has 0 saturated heterocycles. The molecule has 0 aliphatic heterocycles. The fraction of sp³-hybridized carbons (Fsp3) is 0.833. The summed E-state index contributed by atoms with van der Waals surface area (Å²) in [4.78, 5) is 0. The molecule has 0 aromatic rings. The van der Waals surface area contributed by atoms with E-state index < -0.39 is 0 Å². The van der Waals surface area contributed by atoms with Crippen LogP contribution in [0.4, 0.5) is 0 Å². The molecule has 0 saturated carbocycles.